The minimum absolute atomic E-state index is 0.241. The molecule has 0 heterocycles. The first kappa shape index (κ1) is 13.2. The molecule has 2 rings (SSSR count). The summed E-state index contributed by atoms with van der Waals surface area (Å²) in [6.07, 6.45) is 0. The van der Waals surface area contributed by atoms with Crippen LogP contribution in [0.25, 0.3) is 0 Å². The first-order chi connectivity index (χ1) is 9.11. The number of rotatable bonds is 3. The van der Waals surface area contributed by atoms with Crippen LogP contribution in [0.3, 0.4) is 0 Å². The average Bonchev–Trinajstić information content (AvgIpc) is 2.42. The molecule has 0 aliphatic carbocycles. The van der Waals surface area contributed by atoms with Gasteiger partial charge in [0.2, 0.25) is 0 Å². The molecule has 0 aliphatic rings. The minimum Gasteiger partial charge on any atom is -0.495 e. The molecule has 0 aromatic heterocycles. The van der Waals surface area contributed by atoms with Gasteiger partial charge in [0, 0.05) is 11.6 Å². The van der Waals surface area contributed by atoms with Gasteiger partial charge in [0.1, 0.15) is 5.75 Å². The van der Waals surface area contributed by atoms with Crippen molar-refractivity contribution in [2.75, 3.05) is 18.2 Å². The molecule has 98 valence electrons. The van der Waals surface area contributed by atoms with E-state index in [4.69, 9.17) is 22.1 Å². The van der Waals surface area contributed by atoms with E-state index < -0.39 is 0 Å². The van der Waals surface area contributed by atoms with Gasteiger partial charge in [-0.05, 0) is 18.2 Å². The van der Waals surface area contributed by atoms with E-state index >= 15 is 0 Å². The zero-order chi connectivity index (χ0) is 13.8. The van der Waals surface area contributed by atoms with Gasteiger partial charge in [0.05, 0.1) is 23.5 Å². The Morgan fingerprint density at radius 3 is 2.58 bits per heavy atom. The van der Waals surface area contributed by atoms with Crippen LogP contribution in [0.5, 0.6) is 5.75 Å². The molecule has 2 aromatic rings. The van der Waals surface area contributed by atoms with E-state index in [2.05, 4.69) is 5.32 Å². The molecule has 0 unspecified atom stereocenters. The fourth-order valence-corrected chi connectivity index (χ4v) is 1.84. The summed E-state index contributed by atoms with van der Waals surface area (Å²) in [6, 6.07) is 12.0. The molecule has 0 aliphatic heterocycles. The first-order valence-electron chi connectivity index (χ1n) is 5.61. The van der Waals surface area contributed by atoms with Gasteiger partial charge in [0.25, 0.3) is 5.91 Å². The Bertz CT molecular complexity index is 600. The van der Waals surface area contributed by atoms with Crippen molar-refractivity contribution in [2.45, 2.75) is 0 Å². The normalized spacial score (nSPS) is 10.0. The second-order valence-corrected chi connectivity index (χ2v) is 4.30. The van der Waals surface area contributed by atoms with Crippen LogP contribution in [0.2, 0.25) is 5.02 Å². The Balaban J connectivity index is 2.26. The molecule has 0 atom stereocenters. The van der Waals surface area contributed by atoms with Gasteiger partial charge >= 0.3 is 0 Å². The highest BCUT2D eigenvalue weighted by molar-refractivity contribution is 6.34. The van der Waals surface area contributed by atoms with Crippen LogP contribution in [0.1, 0.15) is 10.4 Å². The van der Waals surface area contributed by atoms with Gasteiger partial charge in [-0.1, -0.05) is 29.8 Å². The van der Waals surface area contributed by atoms with Crippen LogP contribution in [0.4, 0.5) is 11.4 Å². The van der Waals surface area contributed by atoms with Crippen LogP contribution in [-0.4, -0.2) is 13.0 Å². The molecule has 0 saturated heterocycles. The lowest BCUT2D eigenvalue weighted by atomic mass is 10.2. The fourth-order valence-electron chi connectivity index (χ4n) is 1.63. The number of benzene rings is 2. The zero-order valence-electron chi connectivity index (χ0n) is 10.3. The van der Waals surface area contributed by atoms with Gasteiger partial charge in [-0.3, -0.25) is 4.79 Å². The number of anilines is 2. The number of hydrogen-bond donors (Lipinski definition) is 2. The predicted octanol–water partition coefficient (Wildman–Crippen LogP) is 3.18. The Labute approximate surface area is 116 Å². The molecule has 0 saturated carbocycles. The van der Waals surface area contributed by atoms with Gasteiger partial charge in [-0.2, -0.15) is 0 Å². The van der Waals surface area contributed by atoms with Gasteiger partial charge in [-0.15, -0.1) is 0 Å². The van der Waals surface area contributed by atoms with Crippen molar-refractivity contribution in [1.29, 1.82) is 0 Å². The van der Waals surface area contributed by atoms with Crippen molar-refractivity contribution in [3.8, 4) is 5.75 Å². The van der Waals surface area contributed by atoms with E-state index in [-0.39, 0.29) is 5.91 Å². The van der Waals surface area contributed by atoms with Crippen LogP contribution in [0, 0.1) is 0 Å². The lowest BCUT2D eigenvalue weighted by molar-refractivity contribution is 0.102. The molecule has 0 spiro atoms. The van der Waals surface area contributed by atoms with Crippen LogP contribution in [-0.2, 0) is 0 Å². The molecule has 4 nitrogen and oxygen atoms in total. The van der Waals surface area contributed by atoms with E-state index in [0.717, 1.165) is 0 Å². The molecule has 5 heteroatoms. The molecule has 0 fully saturated rings. The summed E-state index contributed by atoms with van der Waals surface area (Å²) in [5.74, 6) is 0.224. The highest BCUT2D eigenvalue weighted by Gasteiger charge is 2.11. The number of ether oxygens (including phenoxy) is 1. The lowest BCUT2D eigenvalue weighted by Gasteiger charge is -2.11. The number of halogens is 1. The summed E-state index contributed by atoms with van der Waals surface area (Å²) in [4.78, 5) is 12.0. The molecule has 0 radical (unpaired) electrons. The molecular formula is C14H13ClN2O2. The molecule has 1 amide bonds. The number of carbonyl (C=O) groups is 1. The van der Waals surface area contributed by atoms with Gasteiger partial charge < -0.3 is 15.8 Å². The average molecular weight is 277 g/mol. The van der Waals surface area contributed by atoms with Crippen LogP contribution >= 0.6 is 11.6 Å². The molecule has 0 bridgehead atoms. The first-order valence-corrected chi connectivity index (χ1v) is 5.99. The Morgan fingerprint density at radius 1 is 1.26 bits per heavy atom. The van der Waals surface area contributed by atoms with Gasteiger partial charge in [0.15, 0.2) is 0 Å². The van der Waals surface area contributed by atoms with Crippen LogP contribution in [0.15, 0.2) is 42.5 Å². The van der Waals surface area contributed by atoms with Crippen molar-refractivity contribution >= 4 is 28.9 Å². The number of nitrogen functional groups attached to an aromatic ring is 1. The van der Waals surface area contributed by atoms with E-state index in [9.17, 15) is 4.79 Å². The van der Waals surface area contributed by atoms with Gasteiger partial charge in [-0.25, -0.2) is 0 Å². The SMILES string of the molecule is COc1cc(NC(=O)c2ccccc2)c(Cl)cc1N. The third-order valence-electron chi connectivity index (χ3n) is 2.60. The minimum atomic E-state index is -0.241. The second-order valence-electron chi connectivity index (χ2n) is 3.89. The maximum Gasteiger partial charge on any atom is 0.255 e. The molecule has 2 aromatic carbocycles. The van der Waals surface area contributed by atoms with E-state index in [1.165, 1.54) is 7.11 Å². The third-order valence-corrected chi connectivity index (χ3v) is 2.92. The predicted molar refractivity (Wildman–Crippen MR) is 76.8 cm³/mol. The number of nitrogens with one attached hydrogen (secondary N) is 1. The molecule has 19 heavy (non-hydrogen) atoms. The summed E-state index contributed by atoms with van der Waals surface area (Å²) in [6.45, 7) is 0. The summed E-state index contributed by atoms with van der Waals surface area (Å²) >= 11 is 6.04. The maximum absolute atomic E-state index is 12.0. The number of nitrogens with two attached hydrogens (primary N) is 1. The molecular weight excluding hydrogens is 264 g/mol. The van der Waals surface area contributed by atoms with E-state index in [1.807, 2.05) is 6.07 Å². The van der Waals surface area contributed by atoms with Crippen molar-refractivity contribution in [3.63, 3.8) is 0 Å². The third kappa shape index (κ3) is 2.98. The van der Waals surface area contributed by atoms with Crippen molar-refractivity contribution in [2.24, 2.45) is 0 Å². The Kier molecular flexibility index (Phi) is 3.92. The number of carbonyl (C=O) groups excluding carboxylic acids is 1. The quantitative estimate of drug-likeness (QED) is 0.846. The standard InChI is InChI=1S/C14H13ClN2O2/c1-19-13-8-12(10(15)7-11(13)16)17-14(18)9-5-3-2-4-6-9/h2-8H,16H2,1H3,(H,17,18). The monoisotopic (exact) mass is 276 g/mol. The maximum atomic E-state index is 12.0. The zero-order valence-corrected chi connectivity index (χ0v) is 11.1. The van der Waals surface area contributed by atoms with Crippen molar-refractivity contribution in [1.82, 2.24) is 0 Å². The van der Waals surface area contributed by atoms with Crippen molar-refractivity contribution in [3.05, 3.63) is 53.1 Å². The Hall–Kier alpha value is -2.20. The van der Waals surface area contributed by atoms with E-state index in [0.29, 0.717) is 27.7 Å². The largest absolute Gasteiger partial charge is 0.495 e. The number of methoxy groups -OCH3 is 1. The van der Waals surface area contributed by atoms with Crippen molar-refractivity contribution < 1.29 is 9.53 Å². The molecule has 3 N–H and O–H groups in total. The smallest absolute Gasteiger partial charge is 0.255 e. The number of hydrogen-bond acceptors (Lipinski definition) is 3. The summed E-state index contributed by atoms with van der Waals surface area (Å²) < 4.78 is 5.09. The van der Waals surface area contributed by atoms with Crippen LogP contribution < -0.4 is 15.8 Å². The summed E-state index contributed by atoms with van der Waals surface area (Å²) in [5.41, 5.74) is 7.15. The highest BCUT2D eigenvalue weighted by atomic mass is 35.5. The highest BCUT2D eigenvalue weighted by Crippen LogP contribution is 2.32. The number of amides is 1. The topological polar surface area (TPSA) is 64.3 Å². The van der Waals surface area contributed by atoms with E-state index in [1.54, 1.807) is 36.4 Å². The fraction of sp³-hybridized carbons (Fsp3) is 0.0714. The Morgan fingerprint density at radius 2 is 1.95 bits per heavy atom. The summed E-state index contributed by atoms with van der Waals surface area (Å²) in [5, 5.41) is 3.09. The second kappa shape index (κ2) is 5.63. The summed E-state index contributed by atoms with van der Waals surface area (Å²) in [7, 11) is 1.50. The lowest BCUT2D eigenvalue weighted by Crippen LogP contribution is -2.12.